The van der Waals surface area contributed by atoms with Crippen LogP contribution in [0.3, 0.4) is 0 Å². The molecule has 0 radical (unpaired) electrons. The van der Waals surface area contributed by atoms with Crippen LogP contribution < -0.4 is 0 Å². The van der Waals surface area contributed by atoms with E-state index in [0.29, 0.717) is 10.8 Å². The third kappa shape index (κ3) is 6.03. The molecule has 2 fully saturated rings. The van der Waals surface area contributed by atoms with Gasteiger partial charge in [0.15, 0.2) is 0 Å². The van der Waals surface area contributed by atoms with E-state index in [0.717, 1.165) is 78.5 Å². The minimum Gasteiger partial charge on any atom is -0.381 e. The second-order valence-corrected chi connectivity index (χ2v) is 8.73. The van der Waals surface area contributed by atoms with Crippen molar-refractivity contribution in [2.24, 2.45) is 10.8 Å². The predicted octanol–water partition coefficient (Wildman–Crippen LogP) is 4.44. The van der Waals surface area contributed by atoms with Crippen LogP contribution in [0.15, 0.2) is 24.3 Å². The Balaban J connectivity index is 1.23. The van der Waals surface area contributed by atoms with Gasteiger partial charge in [0, 0.05) is 24.0 Å². The Labute approximate surface area is 170 Å². The van der Waals surface area contributed by atoms with E-state index in [1.807, 2.05) is 0 Å². The molecule has 2 heterocycles. The number of rotatable bonds is 14. The molecular formula is C24H38O4. The van der Waals surface area contributed by atoms with Crippen LogP contribution in [0.2, 0.25) is 0 Å². The highest BCUT2D eigenvalue weighted by molar-refractivity contribution is 5.22. The highest BCUT2D eigenvalue weighted by Gasteiger charge is 2.36. The van der Waals surface area contributed by atoms with Crippen molar-refractivity contribution in [3.63, 3.8) is 0 Å². The minimum absolute atomic E-state index is 0.395. The summed E-state index contributed by atoms with van der Waals surface area (Å²) in [7, 11) is 0. The van der Waals surface area contributed by atoms with E-state index in [1.165, 1.54) is 24.0 Å². The predicted molar refractivity (Wildman–Crippen MR) is 112 cm³/mol. The summed E-state index contributed by atoms with van der Waals surface area (Å²) >= 11 is 0. The van der Waals surface area contributed by atoms with Gasteiger partial charge in [-0.1, -0.05) is 38.1 Å². The lowest BCUT2D eigenvalue weighted by Crippen LogP contribution is -2.42. The van der Waals surface area contributed by atoms with Crippen molar-refractivity contribution in [2.45, 2.75) is 52.4 Å². The first kappa shape index (κ1) is 21.8. The van der Waals surface area contributed by atoms with E-state index in [1.54, 1.807) is 0 Å². The van der Waals surface area contributed by atoms with E-state index >= 15 is 0 Å². The van der Waals surface area contributed by atoms with E-state index in [9.17, 15) is 0 Å². The molecule has 3 rings (SSSR count). The van der Waals surface area contributed by atoms with Crippen LogP contribution in [0, 0.1) is 10.8 Å². The van der Waals surface area contributed by atoms with Crippen LogP contribution in [0.5, 0.6) is 0 Å². The number of hydrogen-bond donors (Lipinski definition) is 0. The molecule has 2 aliphatic rings. The Morgan fingerprint density at radius 1 is 0.679 bits per heavy atom. The third-order valence-corrected chi connectivity index (χ3v) is 6.78. The lowest BCUT2D eigenvalue weighted by molar-refractivity contribution is -0.127. The smallest absolute Gasteiger partial charge is 0.0545 e. The Morgan fingerprint density at radius 3 is 1.36 bits per heavy atom. The summed E-state index contributed by atoms with van der Waals surface area (Å²) in [5.41, 5.74) is 3.48. The maximum Gasteiger partial charge on any atom is 0.0545 e. The SMILES string of the molecule is CCC1(CCOCCc2ccc(CCOCCC3(CC)COC3)cc2)COC1. The van der Waals surface area contributed by atoms with Crippen molar-refractivity contribution < 1.29 is 18.9 Å². The molecule has 0 aliphatic carbocycles. The van der Waals surface area contributed by atoms with Crippen LogP contribution in [-0.4, -0.2) is 52.9 Å². The molecule has 0 atom stereocenters. The van der Waals surface area contributed by atoms with Crippen molar-refractivity contribution in [3.05, 3.63) is 35.4 Å². The molecule has 0 unspecified atom stereocenters. The average Bonchev–Trinajstić information content (AvgIpc) is 2.66. The fourth-order valence-electron chi connectivity index (χ4n) is 3.87. The summed E-state index contributed by atoms with van der Waals surface area (Å²) in [6.45, 7) is 11.4. The second-order valence-electron chi connectivity index (χ2n) is 8.73. The van der Waals surface area contributed by atoms with Crippen LogP contribution in [0.25, 0.3) is 0 Å². The van der Waals surface area contributed by atoms with Gasteiger partial charge in [0.05, 0.1) is 39.6 Å². The normalized spacial score (nSPS) is 19.8. The molecule has 0 bridgehead atoms. The summed E-state index contributed by atoms with van der Waals surface area (Å²) in [6, 6.07) is 8.90. The number of ether oxygens (including phenoxy) is 4. The van der Waals surface area contributed by atoms with Crippen LogP contribution in [0.4, 0.5) is 0 Å². The molecule has 0 spiro atoms. The van der Waals surface area contributed by atoms with Gasteiger partial charge in [-0.15, -0.1) is 0 Å². The Hall–Kier alpha value is -0.940. The zero-order valence-electron chi connectivity index (χ0n) is 17.8. The summed E-state index contributed by atoms with van der Waals surface area (Å²) in [4.78, 5) is 0. The molecule has 2 saturated heterocycles. The maximum absolute atomic E-state index is 5.86. The van der Waals surface area contributed by atoms with E-state index < -0.39 is 0 Å². The van der Waals surface area contributed by atoms with E-state index in [2.05, 4.69) is 38.1 Å². The zero-order chi connectivity index (χ0) is 19.7. The van der Waals surface area contributed by atoms with Crippen molar-refractivity contribution in [1.82, 2.24) is 0 Å². The lowest BCUT2D eigenvalue weighted by atomic mass is 9.80. The molecular weight excluding hydrogens is 352 g/mol. The van der Waals surface area contributed by atoms with Gasteiger partial charge in [0.1, 0.15) is 0 Å². The highest BCUT2D eigenvalue weighted by atomic mass is 16.5. The van der Waals surface area contributed by atoms with Crippen LogP contribution in [-0.2, 0) is 31.8 Å². The van der Waals surface area contributed by atoms with Gasteiger partial charge < -0.3 is 18.9 Å². The van der Waals surface area contributed by atoms with Gasteiger partial charge in [0.25, 0.3) is 0 Å². The molecule has 1 aromatic rings. The van der Waals surface area contributed by atoms with Crippen molar-refractivity contribution >= 4 is 0 Å². The lowest BCUT2D eigenvalue weighted by Gasteiger charge is -2.40. The molecule has 0 aromatic heterocycles. The second kappa shape index (κ2) is 10.7. The first-order chi connectivity index (χ1) is 13.7. The Morgan fingerprint density at radius 2 is 1.07 bits per heavy atom. The third-order valence-electron chi connectivity index (χ3n) is 6.78. The molecule has 158 valence electrons. The standard InChI is InChI=1S/C24H38O4/c1-3-23(17-27-18-23)11-15-25-13-9-21-5-7-22(8-6-21)10-14-26-16-12-24(4-2)19-28-20-24/h5-8H,3-4,9-20H2,1-2H3. The quantitative estimate of drug-likeness (QED) is 0.440. The van der Waals surface area contributed by atoms with Crippen LogP contribution in [0.1, 0.15) is 50.7 Å². The van der Waals surface area contributed by atoms with E-state index in [-0.39, 0.29) is 0 Å². The molecule has 4 heteroatoms. The fraction of sp³-hybridized carbons (Fsp3) is 0.750. The number of benzene rings is 1. The molecule has 0 saturated carbocycles. The largest absolute Gasteiger partial charge is 0.381 e. The summed E-state index contributed by atoms with van der Waals surface area (Å²) in [5, 5.41) is 0. The van der Waals surface area contributed by atoms with Gasteiger partial charge >= 0.3 is 0 Å². The zero-order valence-corrected chi connectivity index (χ0v) is 17.8. The van der Waals surface area contributed by atoms with Crippen molar-refractivity contribution in [3.8, 4) is 0 Å². The molecule has 0 N–H and O–H groups in total. The topological polar surface area (TPSA) is 36.9 Å². The fourth-order valence-corrected chi connectivity index (χ4v) is 3.87. The van der Waals surface area contributed by atoms with Gasteiger partial charge in [-0.05, 0) is 49.7 Å². The molecule has 0 amide bonds. The maximum atomic E-state index is 5.86. The van der Waals surface area contributed by atoms with Gasteiger partial charge in [-0.3, -0.25) is 0 Å². The Kier molecular flexibility index (Phi) is 8.34. The average molecular weight is 391 g/mol. The summed E-state index contributed by atoms with van der Waals surface area (Å²) in [5.74, 6) is 0. The number of hydrogen-bond acceptors (Lipinski definition) is 4. The Bertz CT molecular complexity index is 498. The monoisotopic (exact) mass is 390 g/mol. The van der Waals surface area contributed by atoms with Crippen molar-refractivity contribution in [1.29, 1.82) is 0 Å². The molecule has 1 aromatic carbocycles. The first-order valence-corrected chi connectivity index (χ1v) is 11.1. The van der Waals surface area contributed by atoms with Gasteiger partial charge in [0.2, 0.25) is 0 Å². The molecule has 28 heavy (non-hydrogen) atoms. The first-order valence-electron chi connectivity index (χ1n) is 11.1. The van der Waals surface area contributed by atoms with Gasteiger partial charge in [-0.2, -0.15) is 0 Å². The summed E-state index contributed by atoms with van der Waals surface area (Å²) < 4.78 is 22.5. The van der Waals surface area contributed by atoms with Crippen LogP contribution >= 0.6 is 0 Å². The minimum atomic E-state index is 0.395. The summed E-state index contributed by atoms with van der Waals surface area (Å²) in [6.07, 6.45) is 6.58. The molecule has 2 aliphatic heterocycles. The molecule has 4 nitrogen and oxygen atoms in total. The van der Waals surface area contributed by atoms with Crippen molar-refractivity contribution in [2.75, 3.05) is 52.9 Å². The highest BCUT2D eigenvalue weighted by Crippen LogP contribution is 2.35. The van der Waals surface area contributed by atoms with E-state index in [4.69, 9.17) is 18.9 Å². The van der Waals surface area contributed by atoms with Gasteiger partial charge in [-0.25, -0.2) is 0 Å².